The zero-order valence-electron chi connectivity index (χ0n) is 47.7. The largest absolute Gasteiger partial charge is 0.466 e. The molecule has 6 heteroatoms. The number of carbonyl (C=O) groups is 2. The van der Waals surface area contributed by atoms with Crippen LogP contribution in [-0.4, -0.2) is 47.4 Å². The Bertz CT molecular complexity index is 1150. The van der Waals surface area contributed by atoms with Crippen molar-refractivity contribution in [1.29, 1.82) is 0 Å². The number of hydrogen-bond acceptors (Lipinski definition) is 5. The minimum absolute atomic E-state index is 0.0112. The highest BCUT2D eigenvalue weighted by Crippen LogP contribution is 2.17. The molecule has 0 spiro atoms. The van der Waals surface area contributed by atoms with Crippen molar-refractivity contribution in [2.75, 3.05) is 13.2 Å². The number of unbranched alkanes of at least 4 members (excludes halogenated alkanes) is 44. The quantitative estimate of drug-likeness (QED) is 0.0321. The third-order valence-corrected chi connectivity index (χ3v) is 14.6. The molecule has 0 saturated heterocycles. The molecule has 0 aliphatic heterocycles. The van der Waals surface area contributed by atoms with Crippen LogP contribution in [0.15, 0.2) is 36.5 Å². The zero-order valence-corrected chi connectivity index (χ0v) is 47.7. The van der Waals surface area contributed by atoms with Crippen LogP contribution >= 0.6 is 0 Å². The van der Waals surface area contributed by atoms with Gasteiger partial charge in [0.2, 0.25) is 5.91 Å². The molecule has 0 saturated carbocycles. The van der Waals surface area contributed by atoms with E-state index in [0.717, 1.165) is 70.6 Å². The zero-order chi connectivity index (χ0) is 51.4. The van der Waals surface area contributed by atoms with E-state index in [2.05, 4.69) is 43.5 Å². The number of aliphatic hydroxyl groups excluding tert-OH is 2. The van der Waals surface area contributed by atoms with Gasteiger partial charge >= 0.3 is 5.97 Å². The Morgan fingerprint density at radius 1 is 0.380 bits per heavy atom. The smallest absolute Gasteiger partial charge is 0.305 e. The Morgan fingerprint density at radius 3 is 1.00 bits per heavy atom. The van der Waals surface area contributed by atoms with Crippen molar-refractivity contribution in [2.45, 2.75) is 353 Å². The fraction of sp³-hybridized carbons (Fsp3) is 0.877. The van der Waals surface area contributed by atoms with Crippen molar-refractivity contribution >= 4 is 11.9 Å². The van der Waals surface area contributed by atoms with Crippen LogP contribution in [0.2, 0.25) is 0 Å². The van der Waals surface area contributed by atoms with Crippen LogP contribution in [0.3, 0.4) is 0 Å². The first-order valence-corrected chi connectivity index (χ1v) is 31.8. The molecule has 0 heterocycles. The number of esters is 1. The minimum atomic E-state index is -0.856. The number of nitrogens with one attached hydrogen (secondary N) is 1. The standard InChI is InChI=1S/C65H123NO5/c1-3-5-7-9-11-13-15-17-19-21-23-25-26-29-33-37-41-45-49-53-57-63(68)62(61-67)66-64(69)58-54-50-46-42-38-34-30-28-32-36-40-44-48-52-56-60-71-65(70)59-55-51-47-43-39-35-31-27-24-22-20-18-16-14-12-10-8-6-4-2/h18,20,32,36,53,57,62-63,67-68H,3-17,19,21-31,33-35,37-52,54-56,58-61H2,1-2H3,(H,66,69)/b20-18-,36-32-,57-53+. The first-order valence-electron chi connectivity index (χ1n) is 31.8. The van der Waals surface area contributed by atoms with Gasteiger partial charge in [-0.05, 0) is 83.5 Å². The highest BCUT2D eigenvalue weighted by atomic mass is 16.5. The molecule has 0 aromatic heterocycles. The van der Waals surface area contributed by atoms with Gasteiger partial charge in [-0.1, -0.05) is 281 Å². The maximum atomic E-state index is 12.5. The number of ether oxygens (including phenoxy) is 1. The van der Waals surface area contributed by atoms with E-state index < -0.39 is 12.1 Å². The van der Waals surface area contributed by atoms with Gasteiger partial charge in [0.25, 0.3) is 0 Å². The summed E-state index contributed by atoms with van der Waals surface area (Å²) in [4.78, 5) is 24.6. The summed E-state index contributed by atoms with van der Waals surface area (Å²) in [5.74, 6) is -0.0921. The van der Waals surface area contributed by atoms with Gasteiger partial charge in [-0.15, -0.1) is 0 Å². The second kappa shape index (κ2) is 60.6. The molecule has 418 valence electrons. The Morgan fingerprint density at radius 2 is 0.662 bits per heavy atom. The van der Waals surface area contributed by atoms with Gasteiger partial charge in [-0.25, -0.2) is 0 Å². The third kappa shape index (κ3) is 57.2. The van der Waals surface area contributed by atoms with Crippen LogP contribution in [0.25, 0.3) is 0 Å². The van der Waals surface area contributed by atoms with E-state index in [1.807, 2.05) is 6.08 Å². The van der Waals surface area contributed by atoms with E-state index in [1.54, 1.807) is 6.08 Å². The Labute approximate surface area is 443 Å². The van der Waals surface area contributed by atoms with Crippen LogP contribution in [0.4, 0.5) is 0 Å². The summed E-state index contributed by atoms with van der Waals surface area (Å²) in [7, 11) is 0. The molecule has 2 atom stereocenters. The third-order valence-electron chi connectivity index (χ3n) is 14.6. The maximum Gasteiger partial charge on any atom is 0.305 e. The van der Waals surface area contributed by atoms with Crippen molar-refractivity contribution in [3.8, 4) is 0 Å². The molecule has 6 nitrogen and oxygen atoms in total. The van der Waals surface area contributed by atoms with Gasteiger partial charge in [0, 0.05) is 12.8 Å². The Kier molecular flexibility index (Phi) is 59.0. The monoisotopic (exact) mass is 998 g/mol. The fourth-order valence-corrected chi connectivity index (χ4v) is 9.74. The molecule has 0 fully saturated rings. The second-order valence-electron chi connectivity index (χ2n) is 21.7. The van der Waals surface area contributed by atoms with Crippen LogP contribution in [0, 0.1) is 0 Å². The molecule has 0 rings (SSSR count). The SMILES string of the molecule is CCCCCCCC/C=C\CCCCCCCCCCCC(=O)OCCCCCC/C=C\CCCCCCCCCC(=O)NC(CO)C(O)/C=C/CCCCCCCCCCCCCCCCCCCC. The molecule has 0 radical (unpaired) electrons. The van der Waals surface area contributed by atoms with Crippen molar-refractivity contribution < 1.29 is 24.5 Å². The molecule has 0 bridgehead atoms. The lowest BCUT2D eigenvalue weighted by molar-refractivity contribution is -0.143. The molecule has 0 aromatic rings. The average molecular weight is 999 g/mol. The summed E-state index contributed by atoms with van der Waals surface area (Å²) in [5, 5.41) is 23.2. The highest BCUT2D eigenvalue weighted by Gasteiger charge is 2.18. The summed E-state index contributed by atoms with van der Waals surface area (Å²) in [6.45, 7) is 4.89. The Balaban J connectivity index is 3.48. The van der Waals surface area contributed by atoms with Gasteiger partial charge in [-0.2, -0.15) is 0 Å². The minimum Gasteiger partial charge on any atom is -0.466 e. The normalized spacial score (nSPS) is 12.8. The second-order valence-corrected chi connectivity index (χ2v) is 21.7. The highest BCUT2D eigenvalue weighted by molar-refractivity contribution is 5.76. The molecule has 0 aliphatic rings. The van der Waals surface area contributed by atoms with E-state index in [-0.39, 0.29) is 18.5 Å². The van der Waals surface area contributed by atoms with Crippen LogP contribution in [0.5, 0.6) is 0 Å². The molecular formula is C65H123NO5. The number of hydrogen-bond donors (Lipinski definition) is 3. The van der Waals surface area contributed by atoms with Crippen molar-refractivity contribution in [3.63, 3.8) is 0 Å². The summed E-state index contributed by atoms with van der Waals surface area (Å²) in [6.07, 6.45) is 76.1. The lowest BCUT2D eigenvalue weighted by Crippen LogP contribution is -2.45. The lowest BCUT2D eigenvalue weighted by atomic mass is 10.0. The van der Waals surface area contributed by atoms with E-state index in [0.29, 0.717) is 19.4 Å². The van der Waals surface area contributed by atoms with Crippen molar-refractivity contribution in [3.05, 3.63) is 36.5 Å². The molecule has 71 heavy (non-hydrogen) atoms. The van der Waals surface area contributed by atoms with Crippen molar-refractivity contribution in [2.24, 2.45) is 0 Å². The number of carbonyl (C=O) groups excluding carboxylic acids is 2. The van der Waals surface area contributed by atoms with Gasteiger partial charge in [0.1, 0.15) is 0 Å². The predicted octanol–water partition coefficient (Wildman–Crippen LogP) is 20.0. The first-order chi connectivity index (χ1) is 35.0. The van der Waals surface area contributed by atoms with Crippen LogP contribution in [-0.2, 0) is 14.3 Å². The summed E-state index contributed by atoms with van der Waals surface area (Å²) in [5.41, 5.74) is 0. The number of rotatable bonds is 59. The fourth-order valence-electron chi connectivity index (χ4n) is 9.74. The van der Waals surface area contributed by atoms with Crippen LogP contribution in [0.1, 0.15) is 341 Å². The maximum absolute atomic E-state index is 12.5. The lowest BCUT2D eigenvalue weighted by Gasteiger charge is -2.20. The number of allylic oxidation sites excluding steroid dienone is 5. The molecular weight excluding hydrogens is 875 g/mol. The first kappa shape index (κ1) is 69.1. The van der Waals surface area contributed by atoms with Crippen molar-refractivity contribution in [1.82, 2.24) is 5.32 Å². The van der Waals surface area contributed by atoms with E-state index in [9.17, 15) is 19.8 Å². The van der Waals surface area contributed by atoms with Gasteiger partial charge in [0.15, 0.2) is 0 Å². The van der Waals surface area contributed by atoms with E-state index >= 15 is 0 Å². The predicted molar refractivity (Wildman–Crippen MR) is 310 cm³/mol. The molecule has 0 aliphatic carbocycles. The van der Waals surface area contributed by atoms with E-state index in [4.69, 9.17) is 4.74 Å². The summed E-state index contributed by atoms with van der Waals surface area (Å²) < 4.78 is 5.48. The molecule has 0 aromatic carbocycles. The van der Waals surface area contributed by atoms with E-state index in [1.165, 1.54) is 244 Å². The number of amides is 1. The summed E-state index contributed by atoms with van der Waals surface area (Å²) in [6, 6.07) is -0.641. The molecule has 3 N–H and O–H groups in total. The topological polar surface area (TPSA) is 95.9 Å². The molecule has 2 unspecified atom stereocenters. The summed E-state index contributed by atoms with van der Waals surface area (Å²) >= 11 is 0. The van der Waals surface area contributed by atoms with Gasteiger partial charge in [0.05, 0.1) is 25.4 Å². The number of aliphatic hydroxyl groups is 2. The average Bonchev–Trinajstić information content (AvgIpc) is 3.37. The Hall–Kier alpha value is -1.92. The van der Waals surface area contributed by atoms with Gasteiger partial charge in [-0.3, -0.25) is 9.59 Å². The molecule has 1 amide bonds. The van der Waals surface area contributed by atoms with Crippen LogP contribution < -0.4 is 5.32 Å². The van der Waals surface area contributed by atoms with Gasteiger partial charge < -0.3 is 20.3 Å².